The van der Waals surface area contributed by atoms with E-state index in [1.807, 2.05) is 24.3 Å². The Balaban J connectivity index is 0.00000385. The Bertz CT molecular complexity index is 786. The average Bonchev–Trinajstić information content (AvgIpc) is 2.85. The van der Waals surface area contributed by atoms with Gasteiger partial charge in [0.15, 0.2) is 5.96 Å². The van der Waals surface area contributed by atoms with Crippen LogP contribution in [0.15, 0.2) is 53.8 Å². The molecule has 1 saturated heterocycles. The molecule has 0 aliphatic carbocycles. The summed E-state index contributed by atoms with van der Waals surface area (Å²) in [5.74, 6) is 1.70. The maximum Gasteiger partial charge on any atom is 0.225 e. The van der Waals surface area contributed by atoms with Crippen molar-refractivity contribution in [3.8, 4) is 0 Å². The third-order valence-corrected chi connectivity index (χ3v) is 5.48. The molecule has 3 rings (SSSR count). The second-order valence-electron chi connectivity index (χ2n) is 7.84. The number of ether oxygens (including phenoxy) is 1. The maximum atomic E-state index is 5.94. The molecule has 0 amide bonds. The first-order chi connectivity index (χ1) is 15.8. The van der Waals surface area contributed by atoms with Gasteiger partial charge in [0.25, 0.3) is 0 Å². The molecule has 2 N–H and O–H groups in total. The molecule has 182 valence electrons. The first-order valence-electron chi connectivity index (χ1n) is 11.7. The van der Waals surface area contributed by atoms with Gasteiger partial charge in [0.1, 0.15) is 0 Å². The van der Waals surface area contributed by atoms with E-state index in [0.717, 1.165) is 70.7 Å². The number of halogens is 1. The van der Waals surface area contributed by atoms with Crippen LogP contribution in [0.4, 0.5) is 5.95 Å². The standard InChI is InChI=1S/C24H37N7O.HI/c1-3-25-23(26-13-8-20-32-21(2)22-9-5-4-6-10-22)27-14-15-30-16-18-31(19-17-30)24-28-11-7-12-29-24;/h4-7,9-12,21H,3,8,13-20H2,1-2H3,(H2,25,26,27);1H. The van der Waals surface area contributed by atoms with Gasteiger partial charge in [-0.3, -0.25) is 9.89 Å². The van der Waals surface area contributed by atoms with Crippen LogP contribution in [0.2, 0.25) is 0 Å². The lowest BCUT2D eigenvalue weighted by Gasteiger charge is -2.34. The minimum absolute atomic E-state index is 0. The summed E-state index contributed by atoms with van der Waals surface area (Å²) in [6.07, 6.45) is 4.62. The Labute approximate surface area is 215 Å². The van der Waals surface area contributed by atoms with E-state index in [1.54, 1.807) is 12.4 Å². The van der Waals surface area contributed by atoms with E-state index in [1.165, 1.54) is 5.56 Å². The quantitative estimate of drug-likeness (QED) is 0.187. The highest BCUT2D eigenvalue weighted by molar-refractivity contribution is 14.0. The van der Waals surface area contributed by atoms with E-state index < -0.39 is 0 Å². The summed E-state index contributed by atoms with van der Waals surface area (Å²) in [5, 5.41) is 6.78. The molecular formula is C24H38IN7O. The fourth-order valence-electron chi connectivity index (χ4n) is 3.64. The second-order valence-corrected chi connectivity index (χ2v) is 7.84. The summed E-state index contributed by atoms with van der Waals surface area (Å²) in [4.78, 5) is 18.1. The normalized spacial score (nSPS) is 15.6. The van der Waals surface area contributed by atoms with Gasteiger partial charge in [-0.15, -0.1) is 24.0 Å². The lowest BCUT2D eigenvalue weighted by atomic mass is 10.1. The van der Waals surface area contributed by atoms with E-state index in [0.29, 0.717) is 6.61 Å². The predicted octanol–water partition coefficient (Wildman–Crippen LogP) is 2.94. The van der Waals surface area contributed by atoms with Crippen molar-refractivity contribution in [2.75, 3.05) is 63.9 Å². The molecule has 8 nitrogen and oxygen atoms in total. The molecule has 1 atom stereocenters. The summed E-state index contributed by atoms with van der Waals surface area (Å²) < 4.78 is 5.94. The molecular weight excluding hydrogens is 529 g/mol. The molecule has 33 heavy (non-hydrogen) atoms. The van der Waals surface area contributed by atoms with Crippen LogP contribution in [0.5, 0.6) is 0 Å². The van der Waals surface area contributed by atoms with Gasteiger partial charge in [-0.05, 0) is 31.9 Å². The van der Waals surface area contributed by atoms with Gasteiger partial charge in [0.05, 0.1) is 6.10 Å². The van der Waals surface area contributed by atoms with Gasteiger partial charge in [-0.1, -0.05) is 30.3 Å². The minimum atomic E-state index is 0. The number of nitrogens with one attached hydrogen (secondary N) is 2. The lowest BCUT2D eigenvalue weighted by molar-refractivity contribution is 0.0652. The topological polar surface area (TPSA) is 77.9 Å². The SMILES string of the molecule is CCNC(=NCCCOC(C)c1ccccc1)NCCN1CCN(c2ncccn2)CC1.I. The molecule has 2 heterocycles. The largest absolute Gasteiger partial charge is 0.374 e. The van der Waals surface area contributed by atoms with Crippen molar-refractivity contribution in [2.24, 2.45) is 4.99 Å². The van der Waals surface area contributed by atoms with E-state index in [4.69, 9.17) is 4.74 Å². The molecule has 1 aliphatic rings. The number of piperazine rings is 1. The molecule has 9 heteroatoms. The molecule has 2 aromatic rings. The zero-order chi connectivity index (χ0) is 22.4. The summed E-state index contributed by atoms with van der Waals surface area (Å²) >= 11 is 0. The minimum Gasteiger partial charge on any atom is -0.374 e. The zero-order valence-corrected chi connectivity index (χ0v) is 22.2. The molecule has 1 aromatic carbocycles. The molecule has 1 fully saturated rings. The van der Waals surface area contributed by atoms with E-state index in [9.17, 15) is 0 Å². The second kappa shape index (κ2) is 15.8. The van der Waals surface area contributed by atoms with Gasteiger partial charge in [0.2, 0.25) is 5.95 Å². The highest BCUT2D eigenvalue weighted by atomic mass is 127. The van der Waals surface area contributed by atoms with Crippen molar-refractivity contribution in [1.82, 2.24) is 25.5 Å². The molecule has 1 unspecified atom stereocenters. The van der Waals surface area contributed by atoms with Crippen molar-refractivity contribution in [3.05, 3.63) is 54.4 Å². The van der Waals surface area contributed by atoms with Gasteiger partial charge >= 0.3 is 0 Å². The summed E-state index contributed by atoms with van der Waals surface area (Å²) in [5.41, 5.74) is 1.21. The van der Waals surface area contributed by atoms with Crippen LogP contribution in [-0.2, 0) is 4.74 Å². The average molecular weight is 568 g/mol. The Morgan fingerprint density at radius 1 is 1.06 bits per heavy atom. The summed E-state index contributed by atoms with van der Waals surface area (Å²) in [6, 6.07) is 12.2. The summed E-state index contributed by atoms with van der Waals surface area (Å²) in [7, 11) is 0. The third-order valence-electron chi connectivity index (χ3n) is 5.48. The number of guanidine groups is 1. The van der Waals surface area contributed by atoms with Crippen LogP contribution in [0, 0.1) is 0 Å². The lowest BCUT2D eigenvalue weighted by Crippen LogP contribution is -2.49. The van der Waals surface area contributed by atoms with Crippen LogP contribution < -0.4 is 15.5 Å². The first-order valence-corrected chi connectivity index (χ1v) is 11.7. The zero-order valence-electron chi connectivity index (χ0n) is 19.8. The van der Waals surface area contributed by atoms with Crippen LogP contribution in [0.1, 0.15) is 31.9 Å². The molecule has 1 aromatic heterocycles. The fraction of sp³-hybridized carbons (Fsp3) is 0.542. The van der Waals surface area contributed by atoms with Crippen LogP contribution in [0.3, 0.4) is 0 Å². The number of aromatic nitrogens is 2. The predicted molar refractivity (Wildman–Crippen MR) is 146 cm³/mol. The highest BCUT2D eigenvalue weighted by Crippen LogP contribution is 2.15. The van der Waals surface area contributed by atoms with Crippen molar-refractivity contribution in [2.45, 2.75) is 26.4 Å². The Morgan fingerprint density at radius 2 is 1.79 bits per heavy atom. The Kier molecular flexibility index (Phi) is 13.0. The highest BCUT2D eigenvalue weighted by Gasteiger charge is 2.18. The number of aliphatic imine (C=N–C) groups is 1. The van der Waals surface area contributed by atoms with Gasteiger partial charge in [-0.25, -0.2) is 9.97 Å². The van der Waals surface area contributed by atoms with Crippen molar-refractivity contribution in [3.63, 3.8) is 0 Å². The number of rotatable bonds is 11. The molecule has 1 aliphatic heterocycles. The summed E-state index contributed by atoms with van der Waals surface area (Å²) in [6.45, 7) is 12.3. The van der Waals surface area contributed by atoms with Gasteiger partial charge in [-0.2, -0.15) is 0 Å². The fourth-order valence-corrected chi connectivity index (χ4v) is 3.64. The maximum absolute atomic E-state index is 5.94. The van der Waals surface area contributed by atoms with Crippen molar-refractivity contribution < 1.29 is 4.74 Å². The number of hydrogen-bond donors (Lipinski definition) is 2. The van der Waals surface area contributed by atoms with Gasteiger partial charge < -0.3 is 20.3 Å². The van der Waals surface area contributed by atoms with E-state index in [2.05, 4.69) is 61.4 Å². The van der Waals surface area contributed by atoms with Crippen LogP contribution >= 0.6 is 24.0 Å². The third kappa shape index (κ3) is 9.81. The van der Waals surface area contributed by atoms with Crippen LogP contribution in [0.25, 0.3) is 0 Å². The Hall–Kier alpha value is -1.98. The number of anilines is 1. The van der Waals surface area contributed by atoms with Crippen molar-refractivity contribution >= 4 is 35.9 Å². The van der Waals surface area contributed by atoms with Gasteiger partial charge in [0, 0.05) is 71.4 Å². The number of nitrogens with zero attached hydrogens (tertiary/aromatic N) is 5. The van der Waals surface area contributed by atoms with E-state index >= 15 is 0 Å². The molecule has 0 spiro atoms. The molecule has 0 bridgehead atoms. The monoisotopic (exact) mass is 567 g/mol. The number of hydrogen-bond acceptors (Lipinski definition) is 6. The van der Waals surface area contributed by atoms with Crippen LogP contribution in [-0.4, -0.2) is 79.8 Å². The van der Waals surface area contributed by atoms with Crippen molar-refractivity contribution in [1.29, 1.82) is 0 Å². The smallest absolute Gasteiger partial charge is 0.225 e. The van der Waals surface area contributed by atoms with E-state index in [-0.39, 0.29) is 30.1 Å². The molecule has 0 saturated carbocycles. The number of benzene rings is 1. The Morgan fingerprint density at radius 3 is 2.48 bits per heavy atom. The first kappa shape index (κ1) is 27.3. The molecule has 0 radical (unpaired) electrons.